The average Bonchev–Trinajstić information content (AvgIpc) is 2.93. The van der Waals surface area contributed by atoms with Crippen LogP contribution in [0, 0.1) is 10.1 Å². The van der Waals surface area contributed by atoms with Crippen LogP contribution in [0.5, 0.6) is 0 Å². The first-order chi connectivity index (χ1) is 10.8. The smallest absolute Gasteiger partial charge is 0.334 e. The van der Waals surface area contributed by atoms with Crippen LogP contribution in [-0.4, -0.2) is 15.9 Å². The highest BCUT2D eigenvalue weighted by atomic mass is 32.1. The zero-order valence-electron chi connectivity index (χ0n) is 11.3. The molecule has 0 aliphatic carbocycles. The molecular weight excluding hydrogens is 337 g/mol. The lowest BCUT2D eigenvalue weighted by molar-refractivity contribution is -0.380. The Labute approximate surface area is 131 Å². The summed E-state index contributed by atoms with van der Waals surface area (Å²) in [7, 11) is 0. The standard InChI is InChI=1S/C12H9F3N4O3S/c13-12(14,15)8-3-1-7(2-4-8)5-16-10(20)18-11-17-6-9(23-11)19(21)22/h1-4,6H,5H2,(H2,16,17,18,20). The summed E-state index contributed by atoms with van der Waals surface area (Å²) in [5.41, 5.74) is -0.306. The summed E-state index contributed by atoms with van der Waals surface area (Å²) >= 11 is 0.689. The van der Waals surface area contributed by atoms with E-state index in [0.29, 0.717) is 16.9 Å². The Kier molecular flexibility index (Phi) is 4.79. The Morgan fingerprint density at radius 1 is 1.30 bits per heavy atom. The minimum Gasteiger partial charge on any atom is -0.334 e. The molecule has 1 aromatic carbocycles. The van der Waals surface area contributed by atoms with E-state index in [0.717, 1.165) is 18.3 Å². The van der Waals surface area contributed by atoms with Gasteiger partial charge in [0.1, 0.15) is 6.20 Å². The number of hydrogen-bond acceptors (Lipinski definition) is 5. The van der Waals surface area contributed by atoms with E-state index in [1.165, 1.54) is 12.1 Å². The molecule has 7 nitrogen and oxygen atoms in total. The topological polar surface area (TPSA) is 97.2 Å². The molecule has 2 aromatic rings. The van der Waals surface area contributed by atoms with Gasteiger partial charge in [0.15, 0.2) is 5.13 Å². The van der Waals surface area contributed by atoms with Crippen LogP contribution in [-0.2, 0) is 12.7 Å². The van der Waals surface area contributed by atoms with Crippen molar-refractivity contribution >= 4 is 27.5 Å². The number of carbonyl (C=O) groups is 1. The fourth-order valence-electron chi connectivity index (χ4n) is 1.54. The molecule has 0 saturated carbocycles. The Balaban J connectivity index is 1.87. The molecule has 0 bridgehead atoms. The van der Waals surface area contributed by atoms with Gasteiger partial charge in [0.25, 0.3) is 0 Å². The number of urea groups is 1. The van der Waals surface area contributed by atoms with Gasteiger partial charge in [-0.3, -0.25) is 15.4 Å². The lowest BCUT2D eigenvalue weighted by Gasteiger charge is -2.08. The van der Waals surface area contributed by atoms with E-state index < -0.39 is 22.7 Å². The molecule has 0 unspecified atom stereocenters. The molecule has 1 aromatic heterocycles. The van der Waals surface area contributed by atoms with Gasteiger partial charge in [0.2, 0.25) is 0 Å². The zero-order valence-corrected chi connectivity index (χ0v) is 12.1. The monoisotopic (exact) mass is 346 g/mol. The number of nitrogens with zero attached hydrogens (tertiary/aromatic N) is 2. The van der Waals surface area contributed by atoms with Crippen LogP contribution in [0.2, 0.25) is 0 Å². The summed E-state index contributed by atoms with van der Waals surface area (Å²) in [4.78, 5) is 25.1. The van der Waals surface area contributed by atoms with Crippen molar-refractivity contribution in [3.8, 4) is 0 Å². The number of aromatic nitrogens is 1. The molecule has 0 aliphatic heterocycles. The molecule has 23 heavy (non-hydrogen) atoms. The van der Waals surface area contributed by atoms with Crippen molar-refractivity contribution in [2.24, 2.45) is 0 Å². The molecule has 1 heterocycles. The fraction of sp³-hybridized carbons (Fsp3) is 0.167. The summed E-state index contributed by atoms with van der Waals surface area (Å²) in [6.45, 7) is -0.00254. The highest BCUT2D eigenvalue weighted by Gasteiger charge is 2.29. The van der Waals surface area contributed by atoms with Crippen LogP contribution in [0.1, 0.15) is 11.1 Å². The first kappa shape index (κ1) is 16.7. The number of thiazole rings is 1. The average molecular weight is 346 g/mol. The summed E-state index contributed by atoms with van der Waals surface area (Å²) in [5.74, 6) is 0. The Hall–Kier alpha value is -2.69. The largest absolute Gasteiger partial charge is 0.416 e. The van der Waals surface area contributed by atoms with E-state index in [9.17, 15) is 28.1 Å². The number of carbonyl (C=O) groups excluding carboxylic acids is 1. The second-order valence-corrected chi connectivity index (χ2v) is 5.27. The summed E-state index contributed by atoms with van der Waals surface area (Å²) in [5, 5.41) is 15.0. The maximum absolute atomic E-state index is 12.4. The van der Waals surface area contributed by atoms with E-state index in [-0.39, 0.29) is 16.7 Å². The first-order valence-electron chi connectivity index (χ1n) is 6.07. The number of rotatable bonds is 4. The van der Waals surface area contributed by atoms with Crippen molar-refractivity contribution in [1.29, 1.82) is 0 Å². The second kappa shape index (κ2) is 6.60. The minimum atomic E-state index is -4.41. The Morgan fingerprint density at radius 3 is 2.48 bits per heavy atom. The van der Waals surface area contributed by atoms with E-state index >= 15 is 0 Å². The van der Waals surface area contributed by atoms with Gasteiger partial charge < -0.3 is 5.32 Å². The van der Waals surface area contributed by atoms with Gasteiger partial charge in [-0.1, -0.05) is 12.1 Å². The molecule has 0 fully saturated rings. The number of amides is 2. The van der Waals surface area contributed by atoms with Gasteiger partial charge >= 0.3 is 17.2 Å². The van der Waals surface area contributed by atoms with Gasteiger partial charge in [0.05, 0.1) is 10.5 Å². The van der Waals surface area contributed by atoms with Gasteiger partial charge in [-0.05, 0) is 29.0 Å². The Bertz CT molecular complexity index is 715. The number of halogens is 3. The molecule has 0 saturated heterocycles. The van der Waals surface area contributed by atoms with Gasteiger partial charge in [-0.2, -0.15) is 13.2 Å². The summed E-state index contributed by atoms with van der Waals surface area (Å²) in [6.07, 6.45) is -3.40. The molecular formula is C12H9F3N4O3S. The maximum atomic E-state index is 12.4. The van der Waals surface area contributed by atoms with Crippen molar-refractivity contribution in [1.82, 2.24) is 10.3 Å². The number of alkyl halides is 3. The zero-order chi connectivity index (χ0) is 17.0. The van der Waals surface area contributed by atoms with Gasteiger partial charge in [-0.25, -0.2) is 9.78 Å². The summed E-state index contributed by atoms with van der Waals surface area (Å²) < 4.78 is 37.2. The van der Waals surface area contributed by atoms with Crippen LogP contribution in [0.15, 0.2) is 30.5 Å². The van der Waals surface area contributed by atoms with Gasteiger partial charge in [-0.15, -0.1) is 0 Å². The highest BCUT2D eigenvalue weighted by Crippen LogP contribution is 2.29. The van der Waals surface area contributed by atoms with Crippen molar-refractivity contribution in [2.45, 2.75) is 12.7 Å². The van der Waals surface area contributed by atoms with Crippen LogP contribution in [0.25, 0.3) is 0 Å². The van der Waals surface area contributed by atoms with Gasteiger partial charge in [0, 0.05) is 6.54 Å². The van der Waals surface area contributed by atoms with Crippen LogP contribution < -0.4 is 10.6 Å². The quantitative estimate of drug-likeness (QED) is 0.655. The Morgan fingerprint density at radius 2 is 1.96 bits per heavy atom. The van der Waals surface area contributed by atoms with Crippen molar-refractivity contribution < 1.29 is 22.9 Å². The SMILES string of the molecule is O=C(NCc1ccc(C(F)(F)F)cc1)Nc1ncc([N+](=O)[O-])s1. The normalized spacial score (nSPS) is 11.1. The molecule has 11 heteroatoms. The number of nitro groups is 1. The lowest BCUT2D eigenvalue weighted by atomic mass is 10.1. The van der Waals surface area contributed by atoms with Crippen molar-refractivity contribution in [2.75, 3.05) is 5.32 Å². The molecule has 0 spiro atoms. The second-order valence-electron chi connectivity index (χ2n) is 4.26. The third-order valence-electron chi connectivity index (χ3n) is 2.63. The molecule has 122 valence electrons. The number of nitrogens with one attached hydrogen (secondary N) is 2. The predicted molar refractivity (Wildman–Crippen MR) is 76.1 cm³/mol. The molecule has 0 radical (unpaired) electrons. The van der Waals surface area contributed by atoms with Crippen LogP contribution in [0.4, 0.5) is 28.1 Å². The van der Waals surface area contributed by atoms with Crippen LogP contribution in [0.3, 0.4) is 0 Å². The molecule has 0 aliphatic rings. The minimum absolute atomic E-state index is 0.00254. The molecule has 2 amide bonds. The molecule has 2 N–H and O–H groups in total. The van der Waals surface area contributed by atoms with Crippen LogP contribution >= 0.6 is 11.3 Å². The third kappa shape index (κ3) is 4.64. The number of benzene rings is 1. The number of hydrogen-bond donors (Lipinski definition) is 2. The van der Waals surface area contributed by atoms with Crippen molar-refractivity contribution in [3.05, 3.63) is 51.7 Å². The third-order valence-corrected chi connectivity index (χ3v) is 3.49. The molecule has 0 atom stereocenters. The predicted octanol–water partition coefficient (Wildman–Crippen LogP) is 3.39. The van der Waals surface area contributed by atoms with E-state index in [1.54, 1.807) is 0 Å². The fourth-order valence-corrected chi connectivity index (χ4v) is 2.17. The first-order valence-corrected chi connectivity index (χ1v) is 6.88. The maximum Gasteiger partial charge on any atom is 0.416 e. The van der Waals surface area contributed by atoms with E-state index in [1.807, 2.05) is 0 Å². The molecule has 2 rings (SSSR count). The van der Waals surface area contributed by atoms with E-state index in [4.69, 9.17) is 0 Å². The van der Waals surface area contributed by atoms with Crippen molar-refractivity contribution in [3.63, 3.8) is 0 Å². The lowest BCUT2D eigenvalue weighted by Crippen LogP contribution is -2.28. The highest BCUT2D eigenvalue weighted by molar-refractivity contribution is 7.18. The van der Waals surface area contributed by atoms with E-state index in [2.05, 4.69) is 15.6 Å². The summed E-state index contributed by atoms with van der Waals surface area (Å²) in [6, 6.07) is 3.65. The number of anilines is 1.